The Labute approximate surface area is 119 Å². The molecule has 0 bridgehead atoms. The quantitative estimate of drug-likeness (QED) is 0.730. The van der Waals surface area contributed by atoms with Gasteiger partial charge in [-0.25, -0.2) is 4.98 Å². The zero-order valence-electron chi connectivity index (χ0n) is 10.7. The summed E-state index contributed by atoms with van der Waals surface area (Å²) in [6.07, 6.45) is 7.18. The summed E-state index contributed by atoms with van der Waals surface area (Å²) in [5.41, 5.74) is 1.40. The van der Waals surface area contributed by atoms with Gasteiger partial charge < -0.3 is 4.52 Å². The lowest BCUT2D eigenvalue weighted by atomic mass is 10.4. The molecule has 0 aliphatic carbocycles. The summed E-state index contributed by atoms with van der Waals surface area (Å²) >= 11 is 5.79. The molecule has 0 saturated carbocycles. The first-order valence-corrected chi connectivity index (χ1v) is 6.38. The molecule has 8 heteroatoms. The van der Waals surface area contributed by atoms with Gasteiger partial charge >= 0.3 is 0 Å². The van der Waals surface area contributed by atoms with Crippen molar-refractivity contribution in [3.8, 4) is 11.5 Å². The van der Waals surface area contributed by atoms with E-state index in [1.807, 2.05) is 6.92 Å². The van der Waals surface area contributed by atoms with Crippen molar-refractivity contribution in [1.29, 1.82) is 0 Å². The minimum Gasteiger partial charge on any atom is -0.339 e. The number of aryl methyl sites for hydroxylation is 3. The number of nitrogens with zero attached hydrogens (tertiary/aromatic N) is 6. The van der Waals surface area contributed by atoms with Crippen molar-refractivity contribution in [1.82, 2.24) is 29.9 Å². The Morgan fingerprint density at radius 1 is 1.25 bits per heavy atom. The Morgan fingerprint density at radius 2 is 2.15 bits per heavy atom. The molecule has 0 amide bonds. The monoisotopic (exact) mass is 290 g/mol. The molecule has 102 valence electrons. The summed E-state index contributed by atoms with van der Waals surface area (Å²) in [6.45, 7) is 2.48. The Hall–Kier alpha value is -2.28. The lowest BCUT2D eigenvalue weighted by Crippen LogP contribution is -2.01. The van der Waals surface area contributed by atoms with Gasteiger partial charge in [0.1, 0.15) is 5.69 Å². The number of hydrogen-bond acceptors (Lipinski definition) is 6. The van der Waals surface area contributed by atoms with E-state index >= 15 is 0 Å². The fourth-order valence-electron chi connectivity index (χ4n) is 1.70. The maximum Gasteiger partial charge on any atom is 0.228 e. The summed E-state index contributed by atoms with van der Waals surface area (Å²) in [5, 5.41) is 8.58. The average Bonchev–Trinajstić information content (AvgIpc) is 3.05. The van der Waals surface area contributed by atoms with E-state index in [0.29, 0.717) is 35.4 Å². The topological polar surface area (TPSA) is 82.5 Å². The molecule has 7 nitrogen and oxygen atoms in total. The molecule has 0 fully saturated rings. The predicted octanol–water partition coefficient (Wildman–Crippen LogP) is 1.93. The van der Waals surface area contributed by atoms with Crippen molar-refractivity contribution in [2.75, 3.05) is 0 Å². The van der Waals surface area contributed by atoms with Crippen LogP contribution >= 0.6 is 11.6 Å². The summed E-state index contributed by atoms with van der Waals surface area (Å²) < 4.78 is 6.91. The molecule has 0 aliphatic rings. The largest absolute Gasteiger partial charge is 0.339 e. The highest BCUT2D eigenvalue weighted by Gasteiger charge is 2.10. The van der Waals surface area contributed by atoms with Gasteiger partial charge in [0.2, 0.25) is 11.7 Å². The maximum absolute atomic E-state index is 5.79. The zero-order valence-corrected chi connectivity index (χ0v) is 11.4. The van der Waals surface area contributed by atoms with Crippen molar-refractivity contribution in [2.45, 2.75) is 19.9 Å². The van der Waals surface area contributed by atoms with Crippen molar-refractivity contribution >= 4 is 11.6 Å². The lowest BCUT2D eigenvalue weighted by Gasteiger charge is -1.96. The molecule has 3 heterocycles. The highest BCUT2D eigenvalue weighted by atomic mass is 35.5. The van der Waals surface area contributed by atoms with Crippen molar-refractivity contribution in [2.24, 2.45) is 0 Å². The molecular weight excluding hydrogens is 280 g/mol. The van der Waals surface area contributed by atoms with Gasteiger partial charge in [-0.3, -0.25) is 9.67 Å². The van der Waals surface area contributed by atoms with Crippen LogP contribution in [0.4, 0.5) is 0 Å². The third kappa shape index (κ3) is 2.83. The van der Waals surface area contributed by atoms with Crippen molar-refractivity contribution in [3.05, 3.63) is 41.4 Å². The van der Waals surface area contributed by atoms with Crippen molar-refractivity contribution < 1.29 is 4.52 Å². The van der Waals surface area contributed by atoms with E-state index in [1.54, 1.807) is 29.5 Å². The van der Waals surface area contributed by atoms with Crippen LogP contribution < -0.4 is 0 Å². The summed E-state index contributed by atoms with van der Waals surface area (Å²) in [7, 11) is 0. The van der Waals surface area contributed by atoms with Gasteiger partial charge in [0.05, 0.1) is 23.1 Å². The normalized spacial score (nSPS) is 10.9. The van der Waals surface area contributed by atoms with Crippen LogP contribution in [0.15, 0.2) is 29.3 Å². The maximum atomic E-state index is 5.79. The van der Waals surface area contributed by atoms with Gasteiger partial charge in [-0.15, -0.1) is 0 Å². The molecule has 0 aliphatic heterocycles. The number of halogens is 1. The van der Waals surface area contributed by atoms with Crippen LogP contribution in [0, 0.1) is 6.92 Å². The fourth-order valence-corrected chi connectivity index (χ4v) is 1.86. The Bertz CT molecular complexity index is 722. The van der Waals surface area contributed by atoms with E-state index < -0.39 is 0 Å². The fraction of sp³-hybridized carbons (Fsp3) is 0.250. The minimum absolute atomic E-state index is 0.440. The van der Waals surface area contributed by atoms with E-state index in [0.717, 1.165) is 5.69 Å². The first-order chi connectivity index (χ1) is 9.70. The van der Waals surface area contributed by atoms with E-state index in [9.17, 15) is 0 Å². The number of aromatic nitrogens is 6. The number of rotatable bonds is 4. The molecule has 0 unspecified atom stereocenters. The third-order valence-corrected chi connectivity index (χ3v) is 2.80. The van der Waals surface area contributed by atoms with Gasteiger partial charge in [0, 0.05) is 25.4 Å². The third-order valence-electron chi connectivity index (χ3n) is 2.61. The molecule has 0 saturated heterocycles. The van der Waals surface area contributed by atoms with Gasteiger partial charge in [-0.1, -0.05) is 16.8 Å². The lowest BCUT2D eigenvalue weighted by molar-refractivity contribution is 0.369. The first-order valence-electron chi connectivity index (χ1n) is 6.00. The Kier molecular flexibility index (Phi) is 3.42. The minimum atomic E-state index is 0.440. The molecule has 20 heavy (non-hydrogen) atoms. The smallest absolute Gasteiger partial charge is 0.228 e. The second kappa shape index (κ2) is 5.38. The van der Waals surface area contributed by atoms with Crippen LogP contribution in [0.25, 0.3) is 11.5 Å². The van der Waals surface area contributed by atoms with Crippen LogP contribution in [-0.2, 0) is 13.0 Å². The van der Waals surface area contributed by atoms with Gasteiger partial charge in [0.25, 0.3) is 0 Å². The van der Waals surface area contributed by atoms with Gasteiger partial charge in [-0.2, -0.15) is 10.1 Å². The average molecular weight is 291 g/mol. The molecule has 0 atom stereocenters. The van der Waals surface area contributed by atoms with E-state index in [2.05, 4.69) is 25.2 Å². The van der Waals surface area contributed by atoms with Crippen LogP contribution in [-0.4, -0.2) is 29.9 Å². The molecule has 0 radical (unpaired) electrons. The van der Waals surface area contributed by atoms with Crippen LogP contribution in [0.2, 0.25) is 5.02 Å². The van der Waals surface area contributed by atoms with E-state index in [-0.39, 0.29) is 0 Å². The van der Waals surface area contributed by atoms with Gasteiger partial charge in [0.15, 0.2) is 0 Å². The molecule has 3 aromatic heterocycles. The molecule has 3 rings (SSSR count). The molecule has 0 spiro atoms. The highest BCUT2D eigenvalue weighted by molar-refractivity contribution is 6.30. The molecular formula is C12H11ClN6O. The Balaban J connectivity index is 1.70. The predicted molar refractivity (Wildman–Crippen MR) is 71.0 cm³/mol. The van der Waals surface area contributed by atoms with Crippen LogP contribution in [0.1, 0.15) is 11.6 Å². The molecule has 0 aromatic carbocycles. The standard InChI is InChI=1S/C12H11ClN6O/c1-8-4-14-6-10(16-8)12-17-11(20-18-12)2-3-19-7-9(13)5-15-19/h4-7H,2-3H2,1H3. The van der Waals surface area contributed by atoms with Crippen molar-refractivity contribution in [3.63, 3.8) is 0 Å². The summed E-state index contributed by atoms with van der Waals surface area (Å²) in [6, 6.07) is 0. The van der Waals surface area contributed by atoms with Gasteiger partial charge in [-0.05, 0) is 6.92 Å². The summed E-state index contributed by atoms with van der Waals surface area (Å²) in [4.78, 5) is 12.6. The SMILES string of the molecule is Cc1cncc(-c2noc(CCn3cc(Cl)cn3)n2)n1. The molecule has 3 aromatic rings. The van der Waals surface area contributed by atoms with Crippen LogP contribution in [0.5, 0.6) is 0 Å². The second-order valence-corrected chi connectivity index (χ2v) is 4.67. The number of hydrogen-bond donors (Lipinski definition) is 0. The molecule has 0 N–H and O–H groups in total. The highest BCUT2D eigenvalue weighted by Crippen LogP contribution is 2.13. The van der Waals surface area contributed by atoms with E-state index in [1.165, 1.54) is 0 Å². The second-order valence-electron chi connectivity index (χ2n) is 4.23. The van der Waals surface area contributed by atoms with Crippen LogP contribution in [0.3, 0.4) is 0 Å². The first kappa shape index (κ1) is 12.7. The zero-order chi connectivity index (χ0) is 13.9. The summed E-state index contributed by atoms with van der Waals surface area (Å²) in [5.74, 6) is 0.963. The van der Waals surface area contributed by atoms with E-state index in [4.69, 9.17) is 16.1 Å². The Morgan fingerprint density at radius 3 is 2.90 bits per heavy atom.